The third-order valence-corrected chi connectivity index (χ3v) is 5.30. The van der Waals surface area contributed by atoms with E-state index in [9.17, 15) is 13.2 Å². The van der Waals surface area contributed by atoms with Gasteiger partial charge in [0, 0.05) is 16.6 Å². The van der Waals surface area contributed by atoms with Crippen LogP contribution < -0.4 is 10.5 Å². The van der Waals surface area contributed by atoms with E-state index in [1.807, 2.05) is 0 Å². The molecule has 0 saturated heterocycles. The Labute approximate surface area is 133 Å². The van der Waals surface area contributed by atoms with Crippen LogP contribution in [0.4, 0.5) is 0 Å². The molecule has 0 spiro atoms. The van der Waals surface area contributed by atoms with Crippen LogP contribution in [-0.2, 0) is 10.0 Å². The molecule has 5 nitrogen and oxygen atoms in total. The first-order valence-corrected chi connectivity index (χ1v) is 9.15. The Kier molecular flexibility index (Phi) is 4.75. The van der Waals surface area contributed by atoms with Crippen LogP contribution in [-0.4, -0.2) is 20.9 Å². The second-order valence-electron chi connectivity index (χ2n) is 5.92. The summed E-state index contributed by atoms with van der Waals surface area (Å²) in [5.41, 5.74) is 0.430. The van der Waals surface area contributed by atoms with Crippen LogP contribution in [0.5, 0.6) is 0 Å². The van der Waals surface area contributed by atoms with Gasteiger partial charge in [-0.1, -0.05) is 35.7 Å². The molecule has 0 unspecified atom stereocenters. The standard InChI is InChI=1S/C14H19BrN2O3S/c1-14(4-2-3-5-14)9-17-13(18)10-6-11(15)8-12(7-10)21(16,19)20/h6-8H,2-5,9H2,1H3,(H,17,18)(H2,16,19,20). The number of sulfonamides is 1. The second kappa shape index (κ2) is 6.06. The number of primary sulfonamides is 1. The highest BCUT2D eigenvalue weighted by atomic mass is 79.9. The molecule has 0 bridgehead atoms. The van der Waals surface area contributed by atoms with Gasteiger partial charge in [0.05, 0.1) is 4.90 Å². The van der Waals surface area contributed by atoms with Crippen LogP contribution in [0.2, 0.25) is 0 Å². The fraction of sp³-hybridized carbons (Fsp3) is 0.500. The molecule has 1 aromatic carbocycles. The van der Waals surface area contributed by atoms with Crippen molar-refractivity contribution in [1.29, 1.82) is 0 Å². The number of amides is 1. The minimum Gasteiger partial charge on any atom is -0.351 e. The third kappa shape index (κ3) is 4.28. The maximum Gasteiger partial charge on any atom is 0.251 e. The first-order valence-electron chi connectivity index (χ1n) is 6.81. The Bertz CT molecular complexity index is 652. The zero-order valence-corrected chi connectivity index (χ0v) is 14.3. The Morgan fingerprint density at radius 3 is 2.52 bits per heavy atom. The van der Waals surface area contributed by atoms with Gasteiger partial charge < -0.3 is 5.32 Å². The van der Waals surface area contributed by atoms with Gasteiger partial charge in [-0.25, -0.2) is 13.6 Å². The second-order valence-corrected chi connectivity index (χ2v) is 8.40. The van der Waals surface area contributed by atoms with Gasteiger partial charge >= 0.3 is 0 Å². The maximum atomic E-state index is 12.2. The molecule has 1 aromatic rings. The maximum absolute atomic E-state index is 12.2. The van der Waals surface area contributed by atoms with Crippen LogP contribution in [0.1, 0.15) is 43.0 Å². The molecule has 1 saturated carbocycles. The van der Waals surface area contributed by atoms with E-state index in [4.69, 9.17) is 5.14 Å². The van der Waals surface area contributed by atoms with Crippen molar-refractivity contribution >= 4 is 31.9 Å². The summed E-state index contributed by atoms with van der Waals surface area (Å²) in [5, 5.41) is 8.00. The Morgan fingerprint density at radius 2 is 1.95 bits per heavy atom. The predicted octanol–water partition coefficient (Wildman–Crippen LogP) is 2.41. The summed E-state index contributed by atoms with van der Waals surface area (Å²) in [6, 6.07) is 4.26. The van der Waals surface area contributed by atoms with Gasteiger partial charge in [0.1, 0.15) is 0 Å². The van der Waals surface area contributed by atoms with E-state index in [2.05, 4.69) is 28.2 Å². The Hall–Kier alpha value is -0.920. The molecule has 21 heavy (non-hydrogen) atoms. The number of rotatable bonds is 4. The lowest BCUT2D eigenvalue weighted by Gasteiger charge is -2.23. The van der Waals surface area contributed by atoms with E-state index in [0.717, 1.165) is 12.8 Å². The van der Waals surface area contributed by atoms with Crippen molar-refractivity contribution in [2.75, 3.05) is 6.54 Å². The van der Waals surface area contributed by atoms with Gasteiger partial charge in [-0.05, 0) is 36.5 Å². The summed E-state index contributed by atoms with van der Waals surface area (Å²) >= 11 is 3.20. The van der Waals surface area contributed by atoms with Crippen molar-refractivity contribution in [1.82, 2.24) is 5.32 Å². The fourth-order valence-electron chi connectivity index (χ4n) is 2.66. The first kappa shape index (κ1) is 16.5. The molecule has 2 rings (SSSR count). The minimum atomic E-state index is -3.83. The van der Waals surface area contributed by atoms with Crippen molar-refractivity contribution in [2.45, 2.75) is 37.5 Å². The van der Waals surface area contributed by atoms with Crippen LogP contribution in [0.15, 0.2) is 27.6 Å². The lowest BCUT2D eigenvalue weighted by Crippen LogP contribution is -2.34. The molecular formula is C14H19BrN2O3S. The van der Waals surface area contributed by atoms with E-state index in [-0.39, 0.29) is 21.8 Å². The largest absolute Gasteiger partial charge is 0.351 e. The molecule has 7 heteroatoms. The summed E-state index contributed by atoms with van der Waals surface area (Å²) < 4.78 is 23.3. The van der Waals surface area contributed by atoms with Crippen LogP contribution in [0.3, 0.4) is 0 Å². The highest BCUT2D eigenvalue weighted by Crippen LogP contribution is 2.36. The average Bonchev–Trinajstić information content (AvgIpc) is 2.82. The van der Waals surface area contributed by atoms with Gasteiger partial charge in [0.15, 0.2) is 0 Å². The number of nitrogens with one attached hydrogen (secondary N) is 1. The average molecular weight is 375 g/mol. The van der Waals surface area contributed by atoms with E-state index in [0.29, 0.717) is 11.0 Å². The van der Waals surface area contributed by atoms with Crippen LogP contribution in [0.25, 0.3) is 0 Å². The quantitative estimate of drug-likeness (QED) is 0.847. The lowest BCUT2D eigenvalue weighted by atomic mass is 9.89. The van der Waals surface area contributed by atoms with Crippen molar-refractivity contribution in [3.05, 3.63) is 28.2 Å². The van der Waals surface area contributed by atoms with Crippen molar-refractivity contribution in [3.8, 4) is 0 Å². The zero-order chi connectivity index (χ0) is 15.7. The van der Waals surface area contributed by atoms with E-state index in [1.54, 1.807) is 6.07 Å². The van der Waals surface area contributed by atoms with Gasteiger partial charge in [0.25, 0.3) is 5.91 Å². The fourth-order valence-corrected chi connectivity index (χ4v) is 3.89. The molecular weight excluding hydrogens is 356 g/mol. The number of carbonyl (C=O) groups is 1. The number of hydrogen-bond acceptors (Lipinski definition) is 3. The molecule has 3 N–H and O–H groups in total. The SMILES string of the molecule is CC1(CNC(=O)c2cc(Br)cc(S(N)(=O)=O)c2)CCCC1. The topological polar surface area (TPSA) is 89.3 Å². The van der Waals surface area contributed by atoms with Gasteiger partial charge in [-0.2, -0.15) is 0 Å². The summed E-state index contributed by atoms with van der Waals surface area (Å²) in [6.07, 6.45) is 4.60. The molecule has 1 aliphatic rings. The van der Waals surface area contributed by atoms with E-state index >= 15 is 0 Å². The Morgan fingerprint density at radius 1 is 1.33 bits per heavy atom. The van der Waals surface area contributed by atoms with Crippen molar-refractivity contribution in [3.63, 3.8) is 0 Å². The van der Waals surface area contributed by atoms with Crippen molar-refractivity contribution in [2.24, 2.45) is 10.6 Å². The zero-order valence-electron chi connectivity index (χ0n) is 11.9. The first-order chi connectivity index (χ1) is 9.70. The minimum absolute atomic E-state index is 0.0749. The lowest BCUT2D eigenvalue weighted by molar-refractivity contribution is 0.0934. The summed E-state index contributed by atoms with van der Waals surface area (Å²) in [4.78, 5) is 12.1. The molecule has 1 amide bonds. The smallest absolute Gasteiger partial charge is 0.251 e. The number of benzene rings is 1. The third-order valence-electron chi connectivity index (χ3n) is 3.95. The molecule has 1 aliphatic carbocycles. The molecule has 0 aromatic heterocycles. The molecule has 0 atom stereocenters. The number of halogens is 1. The summed E-state index contributed by atoms with van der Waals surface area (Å²) in [7, 11) is -3.83. The van der Waals surface area contributed by atoms with Crippen molar-refractivity contribution < 1.29 is 13.2 Å². The van der Waals surface area contributed by atoms with Gasteiger partial charge in [0.2, 0.25) is 10.0 Å². The van der Waals surface area contributed by atoms with E-state index < -0.39 is 10.0 Å². The molecule has 116 valence electrons. The molecule has 0 radical (unpaired) electrons. The Balaban J connectivity index is 2.14. The molecule has 1 fully saturated rings. The number of hydrogen-bond donors (Lipinski definition) is 2. The highest BCUT2D eigenvalue weighted by molar-refractivity contribution is 9.10. The molecule has 0 aliphatic heterocycles. The summed E-state index contributed by atoms with van der Waals surface area (Å²) in [5.74, 6) is -0.283. The van der Waals surface area contributed by atoms with E-state index in [1.165, 1.54) is 25.0 Å². The highest BCUT2D eigenvalue weighted by Gasteiger charge is 2.29. The molecule has 0 heterocycles. The van der Waals surface area contributed by atoms with Gasteiger partial charge in [-0.15, -0.1) is 0 Å². The monoisotopic (exact) mass is 374 g/mol. The predicted molar refractivity (Wildman–Crippen MR) is 84.4 cm³/mol. The number of carbonyl (C=O) groups excluding carboxylic acids is 1. The van der Waals surface area contributed by atoms with Crippen LogP contribution in [0, 0.1) is 5.41 Å². The van der Waals surface area contributed by atoms with Crippen LogP contribution >= 0.6 is 15.9 Å². The normalized spacial score (nSPS) is 17.7. The number of nitrogens with two attached hydrogens (primary N) is 1. The van der Waals surface area contributed by atoms with Gasteiger partial charge in [-0.3, -0.25) is 4.79 Å². The summed E-state index contributed by atoms with van der Waals surface area (Å²) in [6.45, 7) is 2.76.